The second-order valence-corrected chi connectivity index (χ2v) is 11.4. The molecule has 1 amide bonds. The lowest BCUT2D eigenvalue weighted by Crippen LogP contribution is -2.34. The number of nitrogens with one attached hydrogen (secondary N) is 1. The predicted octanol–water partition coefficient (Wildman–Crippen LogP) is 7.82. The van der Waals surface area contributed by atoms with E-state index in [0.29, 0.717) is 30.9 Å². The summed E-state index contributed by atoms with van der Waals surface area (Å²) >= 11 is 7.45. The molecule has 4 rings (SSSR count). The second-order valence-electron chi connectivity index (χ2n) is 9.90. The molecule has 2 heterocycles. The van der Waals surface area contributed by atoms with Crippen molar-refractivity contribution in [3.05, 3.63) is 63.8 Å². The van der Waals surface area contributed by atoms with Crippen molar-refractivity contribution in [1.82, 2.24) is 4.90 Å². The maximum atomic E-state index is 13.6. The molecule has 5 nitrogen and oxygen atoms in total. The Labute approximate surface area is 228 Å². The van der Waals surface area contributed by atoms with E-state index in [1.807, 2.05) is 11.0 Å². The second kappa shape index (κ2) is 13.2. The third-order valence-corrected chi connectivity index (χ3v) is 8.69. The van der Waals surface area contributed by atoms with Crippen molar-refractivity contribution in [2.45, 2.75) is 70.8 Å². The van der Waals surface area contributed by atoms with E-state index in [1.165, 1.54) is 74.8 Å². The van der Waals surface area contributed by atoms with Gasteiger partial charge in [-0.05, 0) is 55.0 Å². The Bertz CT molecular complexity index is 1170. The van der Waals surface area contributed by atoms with Crippen LogP contribution in [0.3, 0.4) is 0 Å². The fourth-order valence-corrected chi connectivity index (χ4v) is 6.74. The van der Waals surface area contributed by atoms with E-state index in [0.717, 1.165) is 39.8 Å². The van der Waals surface area contributed by atoms with Gasteiger partial charge in [-0.25, -0.2) is 9.38 Å². The van der Waals surface area contributed by atoms with Crippen molar-refractivity contribution in [3.63, 3.8) is 0 Å². The normalized spacial score (nSPS) is 16.4. The van der Waals surface area contributed by atoms with Crippen molar-refractivity contribution in [2.24, 2.45) is 16.6 Å². The number of benzene rings is 1. The number of carbonyl (C=O) groups is 1. The first-order chi connectivity index (χ1) is 18.0. The number of hydrogen-bond donors (Lipinski definition) is 2. The minimum atomic E-state index is -0.475. The van der Waals surface area contributed by atoms with E-state index in [4.69, 9.17) is 17.3 Å². The van der Waals surface area contributed by atoms with Gasteiger partial charge in [0.05, 0.1) is 17.9 Å². The summed E-state index contributed by atoms with van der Waals surface area (Å²) in [6, 6.07) is 4.45. The lowest BCUT2D eigenvalue weighted by atomic mass is 9.85. The maximum Gasteiger partial charge on any atom is 0.246 e. The number of anilines is 1. The summed E-state index contributed by atoms with van der Waals surface area (Å²) in [5.74, 6) is 0.498. The number of allylic oxidation sites excluding steroid dienone is 1. The Kier molecular flexibility index (Phi) is 9.81. The summed E-state index contributed by atoms with van der Waals surface area (Å²) in [4.78, 5) is 20.2. The number of halogens is 2. The third-order valence-electron chi connectivity index (χ3n) is 7.28. The zero-order valence-corrected chi connectivity index (χ0v) is 22.9. The minimum absolute atomic E-state index is 0.0387. The zero-order valence-electron chi connectivity index (χ0n) is 21.3. The van der Waals surface area contributed by atoms with E-state index in [9.17, 15) is 9.18 Å². The average molecular weight is 543 g/mol. The van der Waals surface area contributed by atoms with Gasteiger partial charge in [0, 0.05) is 28.4 Å². The van der Waals surface area contributed by atoms with Gasteiger partial charge in [-0.2, -0.15) is 0 Å². The highest BCUT2D eigenvalue weighted by Gasteiger charge is 2.27. The largest absolute Gasteiger partial charge is 0.390 e. The molecule has 0 unspecified atom stereocenters. The molecule has 2 aliphatic rings. The van der Waals surface area contributed by atoms with E-state index in [-0.39, 0.29) is 10.9 Å². The van der Waals surface area contributed by atoms with Gasteiger partial charge in [0.25, 0.3) is 0 Å². The van der Waals surface area contributed by atoms with E-state index in [2.05, 4.69) is 16.9 Å². The molecule has 0 radical (unpaired) electrons. The van der Waals surface area contributed by atoms with Gasteiger partial charge in [0.2, 0.25) is 5.91 Å². The summed E-state index contributed by atoms with van der Waals surface area (Å²) in [6.07, 6.45) is 17.4. The van der Waals surface area contributed by atoms with Gasteiger partial charge in [-0.15, -0.1) is 11.3 Å². The molecule has 1 saturated carbocycles. The Morgan fingerprint density at radius 3 is 2.86 bits per heavy atom. The molecule has 1 aromatic carbocycles. The van der Waals surface area contributed by atoms with Crippen LogP contribution >= 0.6 is 22.9 Å². The molecule has 1 aliphatic heterocycles. The van der Waals surface area contributed by atoms with Crippen LogP contribution in [0, 0.1) is 11.7 Å². The van der Waals surface area contributed by atoms with Gasteiger partial charge in [0.1, 0.15) is 10.8 Å². The first-order valence-corrected chi connectivity index (χ1v) is 14.4. The fourth-order valence-electron chi connectivity index (χ4n) is 5.32. The van der Waals surface area contributed by atoms with Gasteiger partial charge < -0.3 is 16.0 Å². The number of carbonyl (C=O) groups excluding carboxylic acids is 1. The standard InChI is InChI=1S/C29H36ClFN4OS/c1-20(34-22-13-14-25(31)24(30)17-22)28-23-15-16-35(18-26(23)37-29(28)33-19-32)27(36)12-8-3-2-5-9-21-10-6-4-7-11-21/h8,12-14,17,19,21,34H,1-7,9-11,15-16,18H2,(H2,32,33)/b12-8+. The molecule has 0 saturated heterocycles. The Hall–Kier alpha value is -2.64. The Morgan fingerprint density at radius 1 is 1.30 bits per heavy atom. The van der Waals surface area contributed by atoms with E-state index >= 15 is 0 Å². The van der Waals surface area contributed by atoms with Crippen LogP contribution in [-0.4, -0.2) is 23.7 Å². The molecule has 1 aliphatic carbocycles. The van der Waals surface area contributed by atoms with Crippen LogP contribution in [0.1, 0.15) is 73.8 Å². The van der Waals surface area contributed by atoms with Crippen LogP contribution < -0.4 is 11.1 Å². The SMILES string of the molecule is C=C(Nc1ccc(F)c(Cl)c1)c1c(/N=C\N)sc2c1CCN(C(=O)/C=C/CCCCC1CCCCC1)C2. The molecule has 1 fully saturated rings. The van der Waals surface area contributed by atoms with Gasteiger partial charge in [-0.1, -0.05) is 69.2 Å². The molecule has 8 heteroatoms. The topological polar surface area (TPSA) is 70.7 Å². The number of unbranched alkanes of at least 4 members (excludes halogenated alkanes) is 2. The van der Waals surface area contributed by atoms with Gasteiger partial charge in [0.15, 0.2) is 0 Å². The monoisotopic (exact) mass is 542 g/mol. The maximum absolute atomic E-state index is 13.6. The van der Waals surface area contributed by atoms with E-state index < -0.39 is 5.82 Å². The predicted molar refractivity (Wildman–Crippen MR) is 154 cm³/mol. The van der Waals surface area contributed by atoms with Crippen LogP contribution in [0.5, 0.6) is 0 Å². The first-order valence-electron chi connectivity index (χ1n) is 13.2. The lowest BCUT2D eigenvalue weighted by Gasteiger charge is -2.26. The summed E-state index contributed by atoms with van der Waals surface area (Å²) < 4.78 is 13.6. The molecular formula is C29H36ClFN4OS. The fraction of sp³-hybridized carbons (Fsp3) is 0.448. The summed E-state index contributed by atoms with van der Waals surface area (Å²) in [5, 5.41) is 3.99. The summed E-state index contributed by atoms with van der Waals surface area (Å²) in [6.45, 7) is 5.36. The number of fused-ring (bicyclic) bond motifs is 1. The Balaban J connectivity index is 1.34. The molecule has 3 N–H and O–H groups in total. The Morgan fingerprint density at radius 2 is 2.11 bits per heavy atom. The number of rotatable bonds is 10. The zero-order chi connectivity index (χ0) is 26.2. The highest BCUT2D eigenvalue weighted by Crippen LogP contribution is 2.42. The van der Waals surface area contributed by atoms with Crippen molar-refractivity contribution < 1.29 is 9.18 Å². The van der Waals surface area contributed by atoms with Crippen LogP contribution in [-0.2, 0) is 17.8 Å². The number of nitrogens with two attached hydrogens (primary N) is 1. The molecule has 0 spiro atoms. The van der Waals surface area contributed by atoms with Gasteiger partial charge >= 0.3 is 0 Å². The summed E-state index contributed by atoms with van der Waals surface area (Å²) in [5.41, 5.74) is 8.88. The molecule has 37 heavy (non-hydrogen) atoms. The highest BCUT2D eigenvalue weighted by atomic mass is 35.5. The molecule has 0 atom stereocenters. The van der Waals surface area contributed by atoms with Crippen molar-refractivity contribution in [3.8, 4) is 0 Å². The number of thiophene rings is 1. The molecule has 0 bridgehead atoms. The third kappa shape index (κ3) is 7.23. The van der Waals surface area contributed by atoms with Crippen LogP contribution in [0.2, 0.25) is 5.02 Å². The number of amides is 1. The molecule has 1 aromatic heterocycles. The number of nitrogens with zero attached hydrogens (tertiary/aromatic N) is 2. The molecule has 2 aromatic rings. The van der Waals surface area contributed by atoms with Crippen LogP contribution in [0.15, 0.2) is 41.9 Å². The van der Waals surface area contributed by atoms with Crippen LogP contribution in [0.4, 0.5) is 15.1 Å². The smallest absolute Gasteiger partial charge is 0.246 e. The lowest BCUT2D eigenvalue weighted by molar-refractivity contribution is -0.126. The highest BCUT2D eigenvalue weighted by molar-refractivity contribution is 7.16. The number of aliphatic imine (C=N–C) groups is 1. The van der Waals surface area contributed by atoms with Crippen molar-refractivity contribution >= 4 is 51.6 Å². The number of hydrogen-bond acceptors (Lipinski definition) is 4. The van der Waals surface area contributed by atoms with E-state index in [1.54, 1.807) is 12.1 Å². The van der Waals surface area contributed by atoms with Crippen molar-refractivity contribution in [1.29, 1.82) is 0 Å². The van der Waals surface area contributed by atoms with Crippen molar-refractivity contribution in [2.75, 3.05) is 11.9 Å². The molecule has 198 valence electrons. The van der Waals surface area contributed by atoms with Gasteiger partial charge in [-0.3, -0.25) is 4.79 Å². The average Bonchev–Trinajstić information content (AvgIpc) is 3.26. The van der Waals surface area contributed by atoms with Crippen LogP contribution in [0.25, 0.3) is 5.70 Å². The summed E-state index contributed by atoms with van der Waals surface area (Å²) in [7, 11) is 0. The quantitative estimate of drug-likeness (QED) is 0.139. The first kappa shape index (κ1) is 27.4. The molecular weight excluding hydrogens is 507 g/mol. The minimum Gasteiger partial charge on any atom is -0.390 e.